The second-order valence-corrected chi connectivity index (χ2v) is 14.6. The largest absolute Gasteiger partial charge is 0.478 e. The van der Waals surface area contributed by atoms with Crippen molar-refractivity contribution in [3.63, 3.8) is 0 Å². The number of hydrogen-bond acceptors (Lipinski definition) is 6. The third kappa shape index (κ3) is 6.87. The van der Waals surface area contributed by atoms with E-state index in [1.807, 2.05) is 0 Å². The number of benzene rings is 3. The first-order valence-electron chi connectivity index (χ1n) is 13.1. The van der Waals surface area contributed by atoms with Crippen LogP contribution in [0.5, 0.6) is 5.75 Å². The molecular weight excluding hydrogens is 590 g/mol. The van der Waals surface area contributed by atoms with Crippen LogP contribution in [0.1, 0.15) is 90.4 Å². The van der Waals surface area contributed by atoms with Crippen LogP contribution in [-0.4, -0.2) is 14.7 Å². The Labute approximate surface area is 252 Å². The van der Waals surface area contributed by atoms with Crippen molar-refractivity contribution in [2.75, 3.05) is 0 Å². The van der Waals surface area contributed by atoms with Crippen molar-refractivity contribution < 1.29 is 31.0 Å². The van der Waals surface area contributed by atoms with E-state index >= 15 is 0 Å². The van der Waals surface area contributed by atoms with Gasteiger partial charge in [-0.3, -0.25) is 0 Å². The summed E-state index contributed by atoms with van der Waals surface area (Å²) >= 11 is -1.70. The van der Waals surface area contributed by atoms with E-state index in [-0.39, 0.29) is 28.7 Å². The number of carbonyl (C=O) groups is 1. The third-order valence-electron chi connectivity index (χ3n) is 7.85. The highest BCUT2D eigenvalue weighted by Crippen LogP contribution is 2.50. The average Bonchev–Trinajstić information content (AvgIpc) is 2.96. The zero-order valence-electron chi connectivity index (χ0n) is 23.5. The Balaban J connectivity index is 1.74. The molecule has 1 unspecified atom stereocenters. The number of halogens is 3. The van der Waals surface area contributed by atoms with E-state index in [0.717, 1.165) is 35.1 Å². The molecule has 0 aromatic heterocycles. The number of carboxylic acids is 1. The minimum Gasteiger partial charge on any atom is -0.478 e. The summed E-state index contributed by atoms with van der Waals surface area (Å²) < 4.78 is 49.2. The third-order valence-corrected chi connectivity index (χ3v) is 9.80. The topological polar surface area (TPSA) is 55.8 Å². The molecule has 4 rings (SSSR count). The molecular formula is C31H33F3O4S3. The van der Waals surface area contributed by atoms with Crippen LogP contribution in [0.15, 0.2) is 60.7 Å². The van der Waals surface area contributed by atoms with Crippen LogP contribution in [0.3, 0.4) is 0 Å². The Hall–Kier alpha value is -2.27. The summed E-state index contributed by atoms with van der Waals surface area (Å²) in [6, 6.07) is 17.6. The van der Waals surface area contributed by atoms with Gasteiger partial charge in [0, 0.05) is 0 Å². The standard InChI is InChI=1S/C31H33F3O4S3/c1-19-16-25-26(30(4,5)15-14-29(25,2)3)17-24(19)27(37-18-20-6-8-22(9-7-20)28(35)36)21-10-12-23(13-11-21)38-31(39-32,40-33)41-34/h6-13,16-17,27H,14-15,18H2,1-5H3,(H,35,36). The zero-order valence-corrected chi connectivity index (χ0v) is 26.0. The van der Waals surface area contributed by atoms with E-state index in [2.05, 4.69) is 46.8 Å². The molecule has 10 heteroatoms. The van der Waals surface area contributed by atoms with Gasteiger partial charge < -0.3 is 14.6 Å². The number of ether oxygens (including phenoxy) is 2. The maximum absolute atomic E-state index is 13.3. The predicted molar refractivity (Wildman–Crippen MR) is 162 cm³/mol. The maximum Gasteiger partial charge on any atom is 0.338 e. The molecule has 1 aliphatic carbocycles. The monoisotopic (exact) mass is 622 g/mol. The van der Waals surface area contributed by atoms with Crippen molar-refractivity contribution in [3.8, 4) is 5.75 Å². The Morgan fingerprint density at radius 1 is 0.902 bits per heavy atom. The fourth-order valence-corrected chi connectivity index (χ4v) is 5.92. The van der Waals surface area contributed by atoms with Crippen molar-refractivity contribution >= 4 is 42.4 Å². The van der Waals surface area contributed by atoms with Crippen LogP contribution in [-0.2, 0) is 22.2 Å². The molecule has 0 bridgehead atoms. The lowest BCUT2D eigenvalue weighted by Crippen LogP contribution is -2.34. The van der Waals surface area contributed by atoms with Gasteiger partial charge in [0.05, 0.1) is 12.2 Å². The van der Waals surface area contributed by atoms with Crippen LogP contribution in [0.4, 0.5) is 11.7 Å². The Morgan fingerprint density at radius 2 is 1.44 bits per heavy atom. The lowest BCUT2D eigenvalue weighted by molar-refractivity contribution is 0.0658. The molecule has 1 aliphatic rings. The molecule has 0 aliphatic heterocycles. The van der Waals surface area contributed by atoms with Crippen molar-refractivity contribution in [3.05, 3.63) is 99.6 Å². The van der Waals surface area contributed by atoms with Gasteiger partial charge in [-0.15, -0.1) is 0 Å². The number of rotatable bonds is 11. The summed E-state index contributed by atoms with van der Waals surface area (Å²) in [6.07, 6.45) is 1.63. The molecule has 1 atom stereocenters. The van der Waals surface area contributed by atoms with E-state index in [0.29, 0.717) is 0 Å². The van der Waals surface area contributed by atoms with Gasteiger partial charge in [0.1, 0.15) is 48.3 Å². The van der Waals surface area contributed by atoms with Crippen molar-refractivity contribution in [2.24, 2.45) is 0 Å². The van der Waals surface area contributed by atoms with Gasteiger partial charge in [-0.2, -0.15) is 11.7 Å². The quantitative estimate of drug-likeness (QED) is 0.214. The molecule has 4 nitrogen and oxygen atoms in total. The lowest BCUT2D eigenvalue weighted by atomic mass is 9.62. The van der Waals surface area contributed by atoms with Crippen LogP contribution < -0.4 is 4.74 Å². The number of fused-ring (bicyclic) bond motifs is 1. The maximum atomic E-state index is 13.3. The molecule has 220 valence electrons. The molecule has 0 amide bonds. The first kappa shape index (κ1) is 31.7. The first-order valence-corrected chi connectivity index (χ1v) is 15.3. The molecule has 3 aromatic rings. The molecule has 0 radical (unpaired) electrons. The van der Waals surface area contributed by atoms with Crippen LogP contribution in [0.25, 0.3) is 0 Å². The van der Waals surface area contributed by atoms with Crippen molar-refractivity contribution in [1.82, 2.24) is 0 Å². The second kappa shape index (κ2) is 12.5. The summed E-state index contributed by atoms with van der Waals surface area (Å²) in [7, 11) is 0. The SMILES string of the molecule is Cc1cc2c(cc1C(OCc1ccc(C(=O)O)cc1)c1ccc(OC(SF)(SF)SF)cc1)C(C)(C)CCC2(C)C. The first-order chi connectivity index (χ1) is 19.3. The van der Waals surface area contributed by atoms with E-state index < -0.39 is 52.1 Å². The average molecular weight is 623 g/mol. The Bertz CT molecular complexity index is 1370. The fourth-order valence-electron chi connectivity index (χ4n) is 5.25. The molecule has 1 N–H and O–H groups in total. The van der Waals surface area contributed by atoms with Gasteiger partial charge in [-0.05, 0) is 88.2 Å². The van der Waals surface area contributed by atoms with Crippen molar-refractivity contribution in [2.45, 2.75) is 74.6 Å². The van der Waals surface area contributed by atoms with Crippen LogP contribution in [0, 0.1) is 6.92 Å². The number of hydrogen-bond donors (Lipinski definition) is 1. The number of carboxylic acid groups (broad SMARTS) is 1. The minimum absolute atomic E-state index is 0.0242. The predicted octanol–water partition coefficient (Wildman–Crippen LogP) is 10.2. The summed E-state index contributed by atoms with van der Waals surface area (Å²) in [4.78, 5) is 11.3. The fraction of sp³-hybridized carbons (Fsp3) is 0.387. The molecule has 41 heavy (non-hydrogen) atoms. The normalized spacial score (nSPS) is 16.6. The van der Waals surface area contributed by atoms with Crippen LogP contribution in [0.2, 0.25) is 0 Å². The smallest absolute Gasteiger partial charge is 0.338 e. The van der Waals surface area contributed by atoms with E-state index in [4.69, 9.17) is 9.47 Å². The molecule has 0 heterocycles. The number of aryl methyl sites for hydroxylation is 1. The highest BCUT2D eigenvalue weighted by atomic mass is 32.3. The van der Waals surface area contributed by atoms with E-state index in [9.17, 15) is 21.6 Å². The number of aromatic carboxylic acids is 1. The van der Waals surface area contributed by atoms with Gasteiger partial charge in [0.25, 0.3) is 0 Å². The summed E-state index contributed by atoms with van der Waals surface area (Å²) in [5, 5.41) is 9.23. The van der Waals surface area contributed by atoms with Gasteiger partial charge in [0.15, 0.2) is 0 Å². The van der Waals surface area contributed by atoms with E-state index in [1.165, 1.54) is 35.4 Å². The van der Waals surface area contributed by atoms with Gasteiger partial charge in [0.2, 0.25) is 0 Å². The molecule has 0 spiro atoms. The Morgan fingerprint density at radius 3 is 1.95 bits per heavy atom. The lowest BCUT2D eigenvalue weighted by Gasteiger charge is -2.42. The summed E-state index contributed by atoms with van der Waals surface area (Å²) in [5.74, 6) is -0.900. The summed E-state index contributed by atoms with van der Waals surface area (Å²) in [6.45, 7) is 11.3. The van der Waals surface area contributed by atoms with Gasteiger partial charge in [-0.1, -0.05) is 64.1 Å². The second-order valence-electron chi connectivity index (χ2n) is 11.6. The molecule has 0 fully saturated rings. The Kier molecular flexibility index (Phi) is 9.68. The van der Waals surface area contributed by atoms with Crippen molar-refractivity contribution in [1.29, 1.82) is 0 Å². The minimum atomic E-state index is -2.40. The summed E-state index contributed by atoms with van der Waals surface area (Å²) in [5.41, 5.74) is 6.44. The van der Waals surface area contributed by atoms with Crippen LogP contribution >= 0.6 is 36.4 Å². The molecule has 0 saturated carbocycles. The highest BCUT2D eigenvalue weighted by Gasteiger charge is 2.40. The molecule has 0 saturated heterocycles. The van der Waals surface area contributed by atoms with E-state index in [1.54, 1.807) is 24.3 Å². The van der Waals surface area contributed by atoms with Gasteiger partial charge >= 0.3 is 9.57 Å². The highest BCUT2D eigenvalue weighted by molar-refractivity contribution is 8.29. The van der Waals surface area contributed by atoms with Gasteiger partial charge in [-0.25, -0.2) is 4.79 Å². The molecule has 3 aromatic carbocycles. The zero-order chi connectivity index (χ0) is 30.0.